The number of aromatic nitrogens is 2. The second-order valence-electron chi connectivity index (χ2n) is 4.92. The van der Waals surface area contributed by atoms with Crippen LogP contribution in [0.4, 0.5) is 11.4 Å². The van der Waals surface area contributed by atoms with E-state index in [1.807, 2.05) is 17.1 Å². The lowest BCUT2D eigenvalue weighted by molar-refractivity contribution is 0.660. The summed E-state index contributed by atoms with van der Waals surface area (Å²) in [5, 5.41) is 11.2. The molecule has 4 nitrogen and oxygen atoms in total. The smallest absolute Gasteiger partial charge is 0.0729 e. The zero-order valence-corrected chi connectivity index (χ0v) is 11.3. The molecule has 2 N–H and O–H groups in total. The number of benzene rings is 1. The zero-order valence-electron chi connectivity index (χ0n) is 11.3. The van der Waals surface area contributed by atoms with Crippen LogP contribution in [-0.4, -0.2) is 16.3 Å². The van der Waals surface area contributed by atoms with Crippen molar-refractivity contribution in [1.82, 2.24) is 9.78 Å². The highest BCUT2D eigenvalue weighted by Crippen LogP contribution is 2.26. The Hall–Kier alpha value is -1.97. The molecule has 0 unspecified atom stereocenters. The predicted molar refractivity (Wildman–Crippen MR) is 78.5 cm³/mol. The minimum absolute atomic E-state index is 0.839. The Balaban J connectivity index is 1.73. The normalized spacial score (nSPS) is 13.7. The van der Waals surface area contributed by atoms with E-state index in [0.29, 0.717) is 0 Å². The largest absolute Gasteiger partial charge is 0.385 e. The quantitative estimate of drug-likeness (QED) is 0.884. The number of para-hydroxylation sites is 1. The van der Waals surface area contributed by atoms with E-state index in [0.717, 1.165) is 25.3 Å². The van der Waals surface area contributed by atoms with Gasteiger partial charge in [0.15, 0.2) is 0 Å². The lowest BCUT2D eigenvalue weighted by atomic mass is 9.99. The maximum absolute atomic E-state index is 4.27. The Morgan fingerprint density at radius 2 is 2.37 bits per heavy atom. The molecule has 19 heavy (non-hydrogen) atoms. The van der Waals surface area contributed by atoms with Gasteiger partial charge < -0.3 is 10.6 Å². The fraction of sp³-hybridized carbons (Fsp3) is 0.400. The summed E-state index contributed by atoms with van der Waals surface area (Å²) >= 11 is 0. The van der Waals surface area contributed by atoms with Crippen molar-refractivity contribution in [2.24, 2.45) is 0 Å². The van der Waals surface area contributed by atoms with E-state index in [1.165, 1.54) is 29.7 Å². The van der Waals surface area contributed by atoms with Crippen molar-refractivity contribution in [2.45, 2.75) is 32.9 Å². The van der Waals surface area contributed by atoms with Crippen LogP contribution in [0, 0.1) is 0 Å². The lowest BCUT2D eigenvalue weighted by Crippen LogP contribution is -2.14. The molecule has 0 bridgehead atoms. The zero-order chi connectivity index (χ0) is 13.1. The summed E-state index contributed by atoms with van der Waals surface area (Å²) in [6.07, 6.45) is 6.34. The van der Waals surface area contributed by atoms with Gasteiger partial charge in [-0.3, -0.25) is 4.68 Å². The van der Waals surface area contributed by atoms with Gasteiger partial charge in [-0.25, -0.2) is 0 Å². The minimum atomic E-state index is 0.839. The molecule has 0 fully saturated rings. The topological polar surface area (TPSA) is 41.9 Å². The Morgan fingerprint density at radius 1 is 1.42 bits per heavy atom. The second kappa shape index (κ2) is 5.34. The molecule has 4 heteroatoms. The first-order valence-electron chi connectivity index (χ1n) is 6.98. The highest BCUT2D eigenvalue weighted by Gasteiger charge is 2.11. The molecule has 2 aromatic rings. The molecule has 1 aromatic carbocycles. The van der Waals surface area contributed by atoms with Crippen LogP contribution < -0.4 is 10.6 Å². The van der Waals surface area contributed by atoms with Crippen LogP contribution in [0.15, 0.2) is 30.6 Å². The summed E-state index contributed by atoms with van der Waals surface area (Å²) < 4.78 is 1.93. The van der Waals surface area contributed by atoms with E-state index in [4.69, 9.17) is 0 Å². The molecule has 0 amide bonds. The van der Waals surface area contributed by atoms with Crippen LogP contribution in [0.2, 0.25) is 0 Å². The fourth-order valence-electron chi connectivity index (χ4n) is 2.55. The standard InChI is InChI=1S/C15H20N4/c1-2-19-11-14(10-18-19)17-9-13-6-3-5-12-7-4-8-16-15(12)13/h3,5-6,10-11,16-17H,2,4,7-9H2,1H3. The number of aryl methyl sites for hydroxylation is 2. The summed E-state index contributed by atoms with van der Waals surface area (Å²) in [6.45, 7) is 4.92. The van der Waals surface area contributed by atoms with Gasteiger partial charge in [0.25, 0.3) is 0 Å². The SMILES string of the molecule is CCn1cc(NCc2cccc3c2NCCC3)cn1. The average Bonchev–Trinajstić information content (AvgIpc) is 2.93. The maximum atomic E-state index is 4.27. The van der Waals surface area contributed by atoms with Gasteiger partial charge in [-0.2, -0.15) is 5.10 Å². The predicted octanol–water partition coefficient (Wildman–Crippen LogP) is 2.87. The second-order valence-corrected chi connectivity index (χ2v) is 4.92. The summed E-state index contributed by atoms with van der Waals surface area (Å²) in [4.78, 5) is 0. The van der Waals surface area contributed by atoms with Crippen LogP contribution in [0.1, 0.15) is 24.5 Å². The van der Waals surface area contributed by atoms with E-state index in [-0.39, 0.29) is 0 Å². The van der Waals surface area contributed by atoms with Gasteiger partial charge in [0.05, 0.1) is 11.9 Å². The number of fused-ring (bicyclic) bond motifs is 1. The molecular formula is C15H20N4. The van der Waals surface area contributed by atoms with Crippen molar-refractivity contribution in [3.8, 4) is 0 Å². The Kier molecular flexibility index (Phi) is 3.40. The van der Waals surface area contributed by atoms with E-state index in [1.54, 1.807) is 0 Å². The summed E-state index contributed by atoms with van der Waals surface area (Å²) in [7, 11) is 0. The molecule has 2 heterocycles. The van der Waals surface area contributed by atoms with Crippen molar-refractivity contribution in [3.63, 3.8) is 0 Å². The van der Waals surface area contributed by atoms with Gasteiger partial charge >= 0.3 is 0 Å². The van der Waals surface area contributed by atoms with Crippen molar-refractivity contribution in [2.75, 3.05) is 17.2 Å². The molecule has 0 aliphatic carbocycles. The van der Waals surface area contributed by atoms with Crippen LogP contribution in [0.25, 0.3) is 0 Å². The molecule has 0 spiro atoms. The molecule has 1 aliphatic rings. The van der Waals surface area contributed by atoms with Crippen molar-refractivity contribution < 1.29 is 0 Å². The number of nitrogens with one attached hydrogen (secondary N) is 2. The van der Waals surface area contributed by atoms with Gasteiger partial charge in [-0.1, -0.05) is 18.2 Å². The van der Waals surface area contributed by atoms with E-state index < -0.39 is 0 Å². The van der Waals surface area contributed by atoms with Gasteiger partial charge in [0, 0.05) is 31.5 Å². The monoisotopic (exact) mass is 256 g/mol. The number of hydrogen-bond acceptors (Lipinski definition) is 3. The van der Waals surface area contributed by atoms with E-state index in [9.17, 15) is 0 Å². The van der Waals surface area contributed by atoms with Crippen molar-refractivity contribution in [3.05, 3.63) is 41.7 Å². The highest BCUT2D eigenvalue weighted by molar-refractivity contribution is 5.60. The maximum Gasteiger partial charge on any atom is 0.0729 e. The molecule has 0 saturated heterocycles. The van der Waals surface area contributed by atoms with E-state index in [2.05, 4.69) is 40.9 Å². The number of hydrogen-bond donors (Lipinski definition) is 2. The van der Waals surface area contributed by atoms with Gasteiger partial charge in [-0.15, -0.1) is 0 Å². The van der Waals surface area contributed by atoms with Crippen LogP contribution in [0.5, 0.6) is 0 Å². The Labute approximate surface area is 113 Å². The van der Waals surface area contributed by atoms with Crippen LogP contribution in [-0.2, 0) is 19.5 Å². The Bertz CT molecular complexity index is 559. The third-order valence-corrected chi connectivity index (χ3v) is 3.60. The molecule has 0 radical (unpaired) electrons. The Morgan fingerprint density at radius 3 is 3.21 bits per heavy atom. The van der Waals surface area contributed by atoms with Gasteiger partial charge in [0.1, 0.15) is 0 Å². The molecule has 3 rings (SSSR count). The summed E-state index contributed by atoms with van der Waals surface area (Å²) in [5.41, 5.74) is 5.18. The first-order valence-corrected chi connectivity index (χ1v) is 6.98. The van der Waals surface area contributed by atoms with E-state index >= 15 is 0 Å². The molecule has 100 valence electrons. The molecule has 1 aromatic heterocycles. The van der Waals surface area contributed by atoms with Crippen LogP contribution in [0.3, 0.4) is 0 Å². The van der Waals surface area contributed by atoms with Gasteiger partial charge in [-0.05, 0) is 30.9 Å². The first-order chi connectivity index (χ1) is 9.36. The highest BCUT2D eigenvalue weighted by atomic mass is 15.3. The third-order valence-electron chi connectivity index (χ3n) is 3.60. The van der Waals surface area contributed by atoms with Crippen LogP contribution >= 0.6 is 0 Å². The number of anilines is 2. The number of nitrogens with zero attached hydrogens (tertiary/aromatic N) is 2. The molecular weight excluding hydrogens is 236 g/mol. The van der Waals surface area contributed by atoms with Crippen molar-refractivity contribution >= 4 is 11.4 Å². The lowest BCUT2D eigenvalue weighted by Gasteiger charge is -2.21. The summed E-state index contributed by atoms with van der Waals surface area (Å²) in [6, 6.07) is 6.56. The minimum Gasteiger partial charge on any atom is -0.385 e. The molecule has 0 atom stereocenters. The van der Waals surface area contributed by atoms with Crippen molar-refractivity contribution in [1.29, 1.82) is 0 Å². The average molecular weight is 256 g/mol. The fourth-order valence-corrected chi connectivity index (χ4v) is 2.55. The third kappa shape index (κ3) is 2.57. The first kappa shape index (κ1) is 12.1. The molecule has 0 saturated carbocycles. The van der Waals surface area contributed by atoms with Gasteiger partial charge in [0.2, 0.25) is 0 Å². The number of rotatable bonds is 4. The molecule has 1 aliphatic heterocycles. The summed E-state index contributed by atoms with van der Waals surface area (Å²) in [5.74, 6) is 0.